The lowest BCUT2D eigenvalue weighted by Crippen LogP contribution is -2.30. The van der Waals surface area contributed by atoms with Gasteiger partial charge < -0.3 is 15.4 Å². The van der Waals surface area contributed by atoms with Gasteiger partial charge in [0.15, 0.2) is 11.9 Å². The highest BCUT2D eigenvalue weighted by Crippen LogP contribution is 2.16. The number of aryl methyl sites for hydroxylation is 2. The predicted octanol–water partition coefficient (Wildman–Crippen LogP) is 3.80. The van der Waals surface area contributed by atoms with Crippen molar-refractivity contribution in [1.29, 1.82) is 0 Å². The van der Waals surface area contributed by atoms with Crippen LogP contribution in [0.15, 0.2) is 42.5 Å². The molecule has 2 amide bonds. The van der Waals surface area contributed by atoms with Crippen LogP contribution in [0.4, 0.5) is 11.4 Å². The van der Waals surface area contributed by atoms with Gasteiger partial charge in [0.05, 0.1) is 6.42 Å². The number of benzene rings is 2. The minimum absolute atomic E-state index is 0.0159. The van der Waals surface area contributed by atoms with E-state index in [2.05, 4.69) is 10.6 Å². The van der Waals surface area contributed by atoms with Crippen LogP contribution in [0.2, 0.25) is 0 Å². The summed E-state index contributed by atoms with van der Waals surface area (Å²) in [7, 11) is 0. The lowest BCUT2D eigenvalue weighted by atomic mass is 9.99. The van der Waals surface area contributed by atoms with Crippen LogP contribution in [0.25, 0.3) is 0 Å². The van der Waals surface area contributed by atoms with E-state index in [1.165, 1.54) is 13.8 Å². The Balaban J connectivity index is 1.83. The zero-order valence-electron chi connectivity index (χ0n) is 17.6. The third-order valence-corrected chi connectivity index (χ3v) is 4.40. The Morgan fingerprint density at radius 3 is 2.10 bits per heavy atom. The van der Waals surface area contributed by atoms with E-state index in [4.69, 9.17) is 4.74 Å². The number of anilines is 2. The van der Waals surface area contributed by atoms with Crippen LogP contribution in [-0.4, -0.2) is 29.7 Å². The second kappa shape index (κ2) is 10.3. The maximum absolute atomic E-state index is 12.4. The van der Waals surface area contributed by atoms with Crippen LogP contribution in [0.1, 0.15) is 48.2 Å². The second-order valence-corrected chi connectivity index (χ2v) is 7.12. The van der Waals surface area contributed by atoms with E-state index in [9.17, 15) is 19.2 Å². The number of hydrogen-bond donors (Lipinski definition) is 2. The summed E-state index contributed by atoms with van der Waals surface area (Å²) < 4.78 is 5.14. The minimum atomic E-state index is -1.01. The van der Waals surface area contributed by atoms with Gasteiger partial charge in [-0.05, 0) is 56.7 Å². The summed E-state index contributed by atoms with van der Waals surface area (Å²) in [5, 5.41) is 5.26. The molecule has 7 heteroatoms. The molecule has 2 N–H and O–H groups in total. The summed E-state index contributed by atoms with van der Waals surface area (Å²) in [4.78, 5) is 47.7. The Morgan fingerprint density at radius 2 is 1.50 bits per heavy atom. The van der Waals surface area contributed by atoms with Crippen molar-refractivity contribution in [2.75, 3.05) is 10.6 Å². The highest BCUT2D eigenvalue weighted by molar-refractivity contribution is 5.99. The lowest BCUT2D eigenvalue weighted by molar-refractivity contribution is -0.153. The van der Waals surface area contributed by atoms with E-state index in [-0.39, 0.29) is 24.5 Å². The molecule has 0 aliphatic carbocycles. The molecule has 0 aliphatic rings. The predicted molar refractivity (Wildman–Crippen MR) is 114 cm³/mol. The summed E-state index contributed by atoms with van der Waals surface area (Å²) in [6.07, 6.45) is -1.10. The van der Waals surface area contributed by atoms with Gasteiger partial charge in [-0.2, -0.15) is 0 Å². The third kappa shape index (κ3) is 6.84. The largest absolute Gasteiger partial charge is 0.453 e. The van der Waals surface area contributed by atoms with Gasteiger partial charge in [0.2, 0.25) is 5.91 Å². The van der Waals surface area contributed by atoms with Gasteiger partial charge in [-0.15, -0.1) is 0 Å². The molecule has 0 heterocycles. The molecule has 0 unspecified atom stereocenters. The molecule has 2 aromatic carbocycles. The number of carbonyl (C=O) groups is 4. The summed E-state index contributed by atoms with van der Waals surface area (Å²) in [6, 6.07) is 12.1. The number of ketones is 1. The molecule has 0 radical (unpaired) electrons. The molecule has 158 valence electrons. The third-order valence-electron chi connectivity index (χ3n) is 4.40. The maximum Gasteiger partial charge on any atom is 0.307 e. The molecule has 0 bridgehead atoms. The molecule has 0 saturated heterocycles. The fourth-order valence-corrected chi connectivity index (χ4v) is 2.78. The van der Waals surface area contributed by atoms with Crippen LogP contribution in [0, 0.1) is 13.8 Å². The summed E-state index contributed by atoms with van der Waals surface area (Å²) in [5.41, 5.74) is 3.53. The Hall–Kier alpha value is -3.48. The Bertz CT molecular complexity index is 951. The highest BCUT2D eigenvalue weighted by Gasteiger charge is 2.19. The van der Waals surface area contributed by atoms with E-state index in [1.807, 2.05) is 26.0 Å². The first-order valence-corrected chi connectivity index (χ1v) is 9.64. The number of esters is 1. The topological polar surface area (TPSA) is 102 Å². The van der Waals surface area contributed by atoms with E-state index in [0.717, 1.165) is 11.1 Å². The molecular formula is C23H26N2O5. The van der Waals surface area contributed by atoms with Gasteiger partial charge in [0.25, 0.3) is 5.91 Å². The number of carbonyl (C=O) groups excluding carboxylic acids is 4. The van der Waals surface area contributed by atoms with E-state index < -0.39 is 18.0 Å². The first-order chi connectivity index (χ1) is 14.2. The minimum Gasteiger partial charge on any atom is -0.453 e. The van der Waals surface area contributed by atoms with Gasteiger partial charge in [-0.1, -0.05) is 17.7 Å². The van der Waals surface area contributed by atoms with Crippen molar-refractivity contribution in [2.45, 2.75) is 46.6 Å². The van der Waals surface area contributed by atoms with Crippen molar-refractivity contribution in [3.8, 4) is 0 Å². The van der Waals surface area contributed by atoms with Gasteiger partial charge in [-0.25, -0.2) is 0 Å². The Labute approximate surface area is 175 Å². The Morgan fingerprint density at radius 1 is 0.900 bits per heavy atom. The van der Waals surface area contributed by atoms with Gasteiger partial charge >= 0.3 is 5.97 Å². The summed E-state index contributed by atoms with van der Waals surface area (Å²) in [5.74, 6) is -1.43. The fraction of sp³-hybridized carbons (Fsp3) is 0.304. The van der Waals surface area contributed by atoms with Crippen molar-refractivity contribution in [1.82, 2.24) is 0 Å². The van der Waals surface area contributed by atoms with Gasteiger partial charge in [-0.3, -0.25) is 19.2 Å². The number of ether oxygens (including phenoxy) is 1. The maximum atomic E-state index is 12.4. The molecule has 0 aliphatic heterocycles. The molecule has 0 saturated carbocycles. The van der Waals surface area contributed by atoms with Crippen LogP contribution >= 0.6 is 0 Å². The van der Waals surface area contributed by atoms with Crippen molar-refractivity contribution >= 4 is 34.9 Å². The number of Topliss-reactive ketones (excluding diaryl/α,β-unsaturated/α-hetero) is 1. The van der Waals surface area contributed by atoms with Gasteiger partial charge in [0, 0.05) is 30.3 Å². The van der Waals surface area contributed by atoms with Crippen molar-refractivity contribution in [2.24, 2.45) is 0 Å². The SMILES string of the molecule is CC(=O)Nc1ccc(NC(=O)[C@@H](C)OC(=O)CCC(=O)c2cc(C)ccc2C)cc1. The van der Waals surface area contributed by atoms with E-state index in [0.29, 0.717) is 16.9 Å². The normalized spacial score (nSPS) is 11.3. The van der Waals surface area contributed by atoms with Crippen molar-refractivity contribution in [3.05, 3.63) is 59.2 Å². The molecular weight excluding hydrogens is 384 g/mol. The summed E-state index contributed by atoms with van der Waals surface area (Å²) >= 11 is 0. The van der Waals surface area contributed by atoms with Crippen LogP contribution in [0.3, 0.4) is 0 Å². The van der Waals surface area contributed by atoms with Crippen LogP contribution in [0.5, 0.6) is 0 Å². The first kappa shape index (κ1) is 22.8. The fourth-order valence-electron chi connectivity index (χ4n) is 2.78. The van der Waals surface area contributed by atoms with E-state index in [1.54, 1.807) is 30.3 Å². The molecule has 2 rings (SSSR count). The number of rotatable bonds is 8. The zero-order valence-corrected chi connectivity index (χ0v) is 17.6. The second-order valence-electron chi connectivity index (χ2n) is 7.12. The smallest absolute Gasteiger partial charge is 0.307 e. The van der Waals surface area contributed by atoms with Crippen molar-refractivity contribution < 1.29 is 23.9 Å². The molecule has 1 atom stereocenters. The molecule has 0 aromatic heterocycles. The zero-order chi connectivity index (χ0) is 22.3. The molecule has 2 aromatic rings. The number of nitrogens with one attached hydrogen (secondary N) is 2. The average molecular weight is 410 g/mol. The van der Waals surface area contributed by atoms with E-state index >= 15 is 0 Å². The standard InChI is InChI=1S/C23H26N2O5/c1-14-5-6-15(2)20(13-14)21(27)11-12-22(28)30-16(3)23(29)25-19-9-7-18(8-10-19)24-17(4)26/h5-10,13,16H,11-12H2,1-4H3,(H,24,26)(H,25,29)/t16-/m1/s1. The number of amides is 2. The lowest BCUT2D eigenvalue weighted by Gasteiger charge is -2.14. The monoisotopic (exact) mass is 410 g/mol. The summed E-state index contributed by atoms with van der Waals surface area (Å²) in [6.45, 7) is 6.62. The van der Waals surface area contributed by atoms with Crippen LogP contribution < -0.4 is 10.6 Å². The van der Waals surface area contributed by atoms with Crippen LogP contribution in [-0.2, 0) is 19.1 Å². The first-order valence-electron chi connectivity index (χ1n) is 9.64. The molecule has 0 fully saturated rings. The van der Waals surface area contributed by atoms with Crippen molar-refractivity contribution in [3.63, 3.8) is 0 Å². The van der Waals surface area contributed by atoms with Gasteiger partial charge in [0.1, 0.15) is 0 Å². The highest BCUT2D eigenvalue weighted by atomic mass is 16.5. The molecule has 7 nitrogen and oxygen atoms in total. The molecule has 30 heavy (non-hydrogen) atoms. The number of hydrogen-bond acceptors (Lipinski definition) is 5. The quantitative estimate of drug-likeness (QED) is 0.509. The molecule has 0 spiro atoms. The average Bonchev–Trinajstić information content (AvgIpc) is 2.69. The Kier molecular flexibility index (Phi) is 7.86.